The zero-order chi connectivity index (χ0) is 25.2. The fraction of sp³-hybridized carbons (Fsp3) is 0.258. The maximum absolute atomic E-state index is 14.5. The van der Waals surface area contributed by atoms with Gasteiger partial charge < -0.3 is 4.74 Å². The summed E-state index contributed by atoms with van der Waals surface area (Å²) in [7, 11) is 1.52. The van der Waals surface area contributed by atoms with Crippen LogP contribution in [0.1, 0.15) is 31.4 Å². The zero-order valence-corrected chi connectivity index (χ0v) is 20.5. The molecule has 2 amide bonds. The van der Waals surface area contributed by atoms with Crippen molar-refractivity contribution < 1.29 is 19.1 Å². The Morgan fingerprint density at radius 3 is 1.86 bits per heavy atom. The smallest absolute Gasteiger partial charge is 0.239 e. The Labute approximate surface area is 210 Å². The van der Waals surface area contributed by atoms with Gasteiger partial charge in [0.25, 0.3) is 0 Å². The first-order chi connectivity index (χ1) is 17.4. The first-order valence-electron chi connectivity index (χ1n) is 12.3. The van der Waals surface area contributed by atoms with E-state index in [1.165, 1.54) is 12.0 Å². The molecule has 3 aromatic carbocycles. The van der Waals surface area contributed by atoms with Crippen LogP contribution in [0.3, 0.4) is 0 Å². The summed E-state index contributed by atoms with van der Waals surface area (Å²) in [6.45, 7) is 3.83. The molecule has 3 aliphatic rings. The molecule has 3 aromatic rings. The molecule has 0 aromatic heterocycles. The van der Waals surface area contributed by atoms with Crippen LogP contribution in [0.5, 0.6) is 5.75 Å². The Bertz CT molecular complexity index is 1440. The van der Waals surface area contributed by atoms with Gasteiger partial charge >= 0.3 is 0 Å². The third-order valence-electron chi connectivity index (χ3n) is 8.56. The number of rotatable bonds is 5. The van der Waals surface area contributed by atoms with Crippen LogP contribution in [-0.4, -0.2) is 24.7 Å². The average Bonchev–Trinajstić information content (AvgIpc) is 3.39. The van der Waals surface area contributed by atoms with Gasteiger partial charge in [-0.15, -0.1) is 0 Å². The maximum Gasteiger partial charge on any atom is 0.239 e. The van der Waals surface area contributed by atoms with E-state index in [2.05, 4.69) is 0 Å². The summed E-state index contributed by atoms with van der Waals surface area (Å²) < 4.78 is 5.50. The molecular formula is C31H27NO4. The van der Waals surface area contributed by atoms with Crippen LogP contribution in [0, 0.1) is 22.7 Å². The Hall–Kier alpha value is -3.99. The maximum atomic E-state index is 14.5. The Kier molecular flexibility index (Phi) is 4.84. The molecule has 180 valence electrons. The number of carbonyl (C=O) groups is 3. The topological polar surface area (TPSA) is 63.7 Å². The van der Waals surface area contributed by atoms with Gasteiger partial charge in [-0.05, 0) is 47.8 Å². The number of anilines is 1. The van der Waals surface area contributed by atoms with Crippen molar-refractivity contribution in [1.29, 1.82) is 0 Å². The van der Waals surface area contributed by atoms with E-state index in [0.717, 1.165) is 22.3 Å². The monoisotopic (exact) mass is 477 g/mol. The van der Waals surface area contributed by atoms with Gasteiger partial charge in [0.1, 0.15) is 5.75 Å². The summed E-state index contributed by atoms with van der Waals surface area (Å²) in [4.78, 5) is 44.1. The number of allylic oxidation sites excluding steroid dienone is 2. The molecule has 0 spiro atoms. The van der Waals surface area contributed by atoms with Crippen LogP contribution < -0.4 is 9.64 Å². The van der Waals surface area contributed by atoms with E-state index in [-0.39, 0.29) is 17.6 Å². The zero-order valence-electron chi connectivity index (χ0n) is 20.5. The molecular weight excluding hydrogens is 450 g/mol. The number of nitrogens with zero attached hydrogens (tertiary/aromatic N) is 1. The van der Waals surface area contributed by atoms with Crippen LogP contribution in [-0.2, 0) is 14.4 Å². The van der Waals surface area contributed by atoms with E-state index < -0.39 is 22.7 Å². The second-order valence-electron chi connectivity index (χ2n) is 9.98. The summed E-state index contributed by atoms with van der Waals surface area (Å²) >= 11 is 0. The van der Waals surface area contributed by atoms with Gasteiger partial charge in [0.05, 0.1) is 35.5 Å². The number of ether oxygens (including phenoxy) is 1. The Morgan fingerprint density at radius 2 is 1.28 bits per heavy atom. The molecule has 1 heterocycles. The summed E-state index contributed by atoms with van der Waals surface area (Å²) in [6.07, 6.45) is 0.432. The van der Waals surface area contributed by atoms with Crippen LogP contribution >= 0.6 is 0 Å². The lowest BCUT2D eigenvalue weighted by Crippen LogP contribution is -2.41. The van der Waals surface area contributed by atoms with Crippen LogP contribution in [0.2, 0.25) is 0 Å². The minimum absolute atomic E-state index is 0.0217. The molecule has 0 radical (unpaired) electrons. The van der Waals surface area contributed by atoms with Gasteiger partial charge in [-0.1, -0.05) is 79.7 Å². The highest BCUT2D eigenvalue weighted by atomic mass is 16.5. The fourth-order valence-corrected chi connectivity index (χ4v) is 7.18. The minimum Gasteiger partial charge on any atom is -0.495 e. The number of benzene rings is 3. The van der Waals surface area contributed by atoms with Gasteiger partial charge in [0.2, 0.25) is 11.8 Å². The van der Waals surface area contributed by atoms with E-state index >= 15 is 0 Å². The van der Waals surface area contributed by atoms with Crippen molar-refractivity contribution in [2.45, 2.75) is 20.3 Å². The van der Waals surface area contributed by atoms with E-state index in [1.54, 1.807) is 24.3 Å². The van der Waals surface area contributed by atoms with Gasteiger partial charge in [0.15, 0.2) is 5.78 Å². The van der Waals surface area contributed by atoms with Crippen molar-refractivity contribution in [3.8, 4) is 5.75 Å². The number of fused-ring (bicyclic) bond motifs is 5. The molecule has 1 saturated carbocycles. The minimum atomic E-state index is -1.13. The number of imide groups is 1. The number of para-hydroxylation sites is 2. The summed E-state index contributed by atoms with van der Waals surface area (Å²) in [6, 6.07) is 26.7. The van der Waals surface area contributed by atoms with Crippen LogP contribution in [0.25, 0.3) is 11.1 Å². The van der Waals surface area contributed by atoms with Crippen molar-refractivity contribution in [3.63, 3.8) is 0 Å². The first kappa shape index (κ1) is 22.5. The number of Topliss-reactive ketones (excluding diaryl/α,β-unsaturated/α-hetero) is 1. The quantitative estimate of drug-likeness (QED) is 0.461. The number of methoxy groups -OCH3 is 1. The van der Waals surface area contributed by atoms with Gasteiger partial charge in [-0.3, -0.25) is 14.4 Å². The molecule has 2 bridgehead atoms. The van der Waals surface area contributed by atoms with Gasteiger partial charge in [-0.2, -0.15) is 0 Å². The van der Waals surface area contributed by atoms with Crippen molar-refractivity contribution in [1.82, 2.24) is 0 Å². The van der Waals surface area contributed by atoms with Crippen molar-refractivity contribution in [2.75, 3.05) is 12.0 Å². The van der Waals surface area contributed by atoms with E-state index in [9.17, 15) is 14.4 Å². The molecule has 1 aliphatic heterocycles. The molecule has 1 saturated heterocycles. The van der Waals surface area contributed by atoms with E-state index in [4.69, 9.17) is 4.74 Å². The first-order valence-corrected chi connectivity index (χ1v) is 12.3. The van der Waals surface area contributed by atoms with Gasteiger partial charge in [0, 0.05) is 0 Å². The molecule has 36 heavy (non-hydrogen) atoms. The average molecular weight is 478 g/mol. The Balaban J connectivity index is 1.65. The predicted molar refractivity (Wildman–Crippen MR) is 138 cm³/mol. The van der Waals surface area contributed by atoms with Crippen molar-refractivity contribution in [3.05, 3.63) is 96.1 Å². The van der Waals surface area contributed by atoms with Crippen molar-refractivity contribution in [2.24, 2.45) is 22.7 Å². The van der Waals surface area contributed by atoms with E-state index in [1.807, 2.05) is 74.5 Å². The summed E-state index contributed by atoms with van der Waals surface area (Å²) in [5, 5.41) is 0. The lowest BCUT2D eigenvalue weighted by atomic mass is 9.62. The molecule has 0 unspecified atom stereocenters. The highest BCUT2D eigenvalue weighted by Gasteiger charge is 2.79. The number of amides is 2. The molecule has 6 rings (SSSR count). The second kappa shape index (κ2) is 7.76. The summed E-state index contributed by atoms with van der Waals surface area (Å²) in [5.41, 5.74) is 1.79. The molecule has 5 heteroatoms. The molecule has 2 fully saturated rings. The molecule has 4 atom stereocenters. The SMILES string of the molecule is CC[C@]12C(=O)[C@@](C)(C(c3ccccc3)=C1c1ccccc1)[C@@H]1C(=O)N(c3ccccc3OC)C(=O)[C@@H]12. The van der Waals surface area contributed by atoms with Gasteiger partial charge in [-0.25, -0.2) is 4.90 Å². The highest BCUT2D eigenvalue weighted by molar-refractivity contribution is 6.34. The Morgan fingerprint density at radius 1 is 0.750 bits per heavy atom. The van der Waals surface area contributed by atoms with Crippen LogP contribution in [0.4, 0.5) is 5.69 Å². The normalized spacial score (nSPS) is 28.8. The van der Waals surface area contributed by atoms with Crippen LogP contribution in [0.15, 0.2) is 84.9 Å². The molecule has 5 nitrogen and oxygen atoms in total. The summed E-state index contributed by atoms with van der Waals surface area (Å²) in [5.74, 6) is -1.76. The van der Waals surface area contributed by atoms with Crippen molar-refractivity contribution >= 4 is 34.4 Å². The lowest BCUT2D eigenvalue weighted by molar-refractivity contribution is -0.134. The third kappa shape index (κ3) is 2.53. The number of ketones is 1. The second-order valence-corrected chi connectivity index (χ2v) is 9.98. The highest BCUT2D eigenvalue weighted by Crippen LogP contribution is 2.74. The number of hydrogen-bond donors (Lipinski definition) is 0. The van der Waals surface area contributed by atoms with E-state index in [0.29, 0.717) is 17.9 Å². The standard InChI is InChI=1S/C31H27NO4/c1-4-31-24(20-15-9-6-10-16-20)23(19-13-7-5-8-14-19)30(2,29(31)35)25-26(31)28(34)32(27(25)33)21-17-11-12-18-22(21)36-3/h5-18,25-26H,4H2,1-3H3/t25-,26+,30-,31-/m0/s1. The third-order valence-corrected chi connectivity index (χ3v) is 8.56. The fourth-order valence-electron chi connectivity index (χ4n) is 7.18. The number of hydrogen-bond acceptors (Lipinski definition) is 4. The molecule has 2 aliphatic carbocycles. The molecule has 0 N–H and O–H groups in total. The lowest BCUT2D eigenvalue weighted by Gasteiger charge is -2.37. The largest absolute Gasteiger partial charge is 0.495 e. The predicted octanol–water partition coefficient (Wildman–Crippen LogP) is 5.41. The number of carbonyl (C=O) groups excluding carboxylic acids is 3.